The number of carbonyl (C=O) groups is 3. The number of hydrogen-bond acceptors (Lipinski definition) is 4. The third kappa shape index (κ3) is 3.24. The highest BCUT2D eigenvalue weighted by atomic mass is 16.5. The zero-order valence-corrected chi connectivity index (χ0v) is 14.2. The van der Waals surface area contributed by atoms with Gasteiger partial charge in [0.05, 0.1) is 11.8 Å². The lowest BCUT2D eigenvalue weighted by Crippen LogP contribution is -2.42. The molecule has 6 heteroatoms. The molecule has 3 rings (SSSR count). The average Bonchev–Trinajstić information content (AvgIpc) is 3.24. The molecule has 3 aliphatic rings. The minimum atomic E-state index is -0.273. The summed E-state index contributed by atoms with van der Waals surface area (Å²) in [6.07, 6.45) is 7.90. The van der Waals surface area contributed by atoms with Gasteiger partial charge in [0, 0.05) is 19.8 Å². The van der Waals surface area contributed by atoms with E-state index in [1.54, 1.807) is 0 Å². The number of ether oxygens (including phenoxy) is 1. The molecule has 1 saturated carbocycles. The van der Waals surface area contributed by atoms with E-state index in [9.17, 15) is 14.4 Å². The van der Waals surface area contributed by atoms with Gasteiger partial charge in [-0.05, 0) is 31.1 Å². The van der Waals surface area contributed by atoms with Gasteiger partial charge >= 0.3 is 0 Å². The maximum absolute atomic E-state index is 12.5. The fourth-order valence-electron chi connectivity index (χ4n) is 4.07. The normalized spacial score (nSPS) is 30.3. The van der Waals surface area contributed by atoms with Crippen LogP contribution in [0.5, 0.6) is 0 Å². The van der Waals surface area contributed by atoms with Crippen molar-refractivity contribution in [3.05, 3.63) is 12.2 Å². The first-order valence-corrected chi connectivity index (χ1v) is 9.01. The van der Waals surface area contributed by atoms with E-state index in [-0.39, 0.29) is 47.9 Å². The van der Waals surface area contributed by atoms with Gasteiger partial charge < -0.3 is 10.1 Å². The fraction of sp³-hybridized carbons (Fsp3) is 0.722. The quantitative estimate of drug-likeness (QED) is 0.389. The van der Waals surface area contributed by atoms with E-state index in [1.165, 1.54) is 0 Å². The molecule has 1 N–H and O–H groups in total. The molecule has 1 heterocycles. The molecule has 0 aromatic carbocycles. The van der Waals surface area contributed by atoms with Crippen molar-refractivity contribution in [1.82, 2.24) is 10.2 Å². The Hall–Kier alpha value is -1.69. The van der Waals surface area contributed by atoms with Crippen molar-refractivity contribution in [2.45, 2.75) is 32.6 Å². The van der Waals surface area contributed by atoms with Crippen LogP contribution < -0.4 is 5.32 Å². The molecule has 24 heavy (non-hydrogen) atoms. The van der Waals surface area contributed by atoms with Crippen LogP contribution in [0.15, 0.2) is 12.2 Å². The molecular weight excluding hydrogens is 308 g/mol. The Bertz CT molecular complexity index is 515. The maximum Gasteiger partial charge on any atom is 0.240 e. The largest absolute Gasteiger partial charge is 0.381 e. The lowest BCUT2D eigenvalue weighted by Gasteiger charge is -2.16. The van der Waals surface area contributed by atoms with Crippen molar-refractivity contribution in [2.24, 2.45) is 23.7 Å². The number of rotatable bonds is 9. The third-order valence-corrected chi connectivity index (χ3v) is 5.29. The Kier molecular flexibility index (Phi) is 5.33. The Morgan fingerprint density at radius 1 is 1.17 bits per heavy atom. The summed E-state index contributed by atoms with van der Waals surface area (Å²) in [5, 5.41) is 2.76. The summed E-state index contributed by atoms with van der Waals surface area (Å²) in [5.74, 6) is -0.695. The van der Waals surface area contributed by atoms with Crippen molar-refractivity contribution in [3.8, 4) is 0 Å². The van der Waals surface area contributed by atoms with Crippen LogP contribution in [0.3, 0.4) is 0 Å². The molecule has 4 unspecified atom stereocenters. The Labute approximate surface area is 142 Å². The number of amides is 3. The molecule has 0 spiro atoms. The van der Waals surface area contributed by atoms with Gasteiger partial charge in [0.25, 0.3) is 0 Å². The van der Waals surface area contributed by atoms with Crippen LogP contribution in [0, 0.1) is 23.7 Å². The second-order valence-corrected chi connectivity index (χ2v) is 6.93. The van der Waals surface area contributed by atoms with Crippen molar-refractivity contribution >= 4 is 17.7 Å². The zero-order chi connectivity index (χ0) is 17.1. The average molecular weight is 334 g/mol. The number of imide groups is 1. The number of carbonyl (C=O) groups excluding carboxylic acids is 3. The van der Waals surface area contributed by atoms with E-state index in [2.05, 4.69) is 24.4 Å². The minimum absolute atomic E-state index is 0.152. The molecule has 3 amide bonds. The first-order valence-electron chi connectivity index (χ1n) is 9.01. The number of nitrogens with one attached hydrogen (secondary N) is 1. The van der Waals surface area contributed by atoms with Crippen molar-refractivity contribution in [3.63, 3.8) is 0 Å². The highest BCUT2D eigenvalue weighted by molar-refractivity contribution is 6.08. The van der Waals surface area contributed by atoms with Crippen molar-refractivity contribution < 1.29 is 19.1 Å². The smallest absolute Gasteiger partial charge is 0.240 e. The molecule has 132 valence electrons. The van der Waals surface area contributed by atoms with Crippen LogP contribution in [0.2, 0.25) is 0 Å². The molecule has 1 saturated heterocycles. The maximum atomic E-state index is 12.5. The standard InChI is InChI=1S/C18H26N2O4/c1-2-3-8-24-9-4-7-19-14(21)11-20-17(22)15-12-5-6-13(10-12)16(15)18(20)23/h5-6,12-13,15-16H,2-4,7-11H2,1H3,(H,19,21). The second kappa shape index (κ2) is 7.47. The lowest BCUT2D eigenvalue weighted by atomic mass is 9.85. The molecule has 0 aromatic rings. The van der Waals surface area contributed by atoms with Gasteiger partial charge in [-0.15, -0.1) is 0 Å². The van der Waals surface area contributed by atoms with E-state index in [0.717, 1.165) is 37.2 Å². The van der Waals surface area contributed by atoms with Crippen molar-refractivity contribution in [1.29, 1.82) is 0 Å². The number of hydrogen-bond donors (Lipinski definition) is 1. The van der Waals surface area contributed by atoms with Crippen LogP contribution in [0.25, 0.3) is 0 Å². The number of allylic oxidation sites excluding steroid dienone is 2. The van der Waals surface area contributed by atoms with Crippen LogP contribution in [0.1, 0.15) is 32.6 Å². The van der Waals surface area contributed by atoms with E-state index in [4.69, 9.17) is 4.74 Å². The Balaban J connectivity index is 1.40. The topological polar surface area (TPSA) is 75.7 Å². The zero-order valence-electron chi connectivity index (χ0n) is 14.2. The van der Waals surface area contributed by atoms with Gasteiger partial charge in [0.1, 0.15) is 6.54 Å². The summed E-state index contributed by atoms with van der Waals surface area (Å²) >= 11 is 0. The van der Waals surface area contributed by atoms with E-state index in [0.29, 0.717) is 13.2 Å². The highest BCUT2D eigenvalue weighted by Crippen LogP contribution is 2.52. The van der Waals surface area contributed by atoms with Gasteiger partial charge in [-0.3, -0.25) is 19.3 Å². The van der Waals surface area contributed by atoms with Gasteiger partial charge in [0.2, 0.25) is 17.7 Å². The SMILES string of the molecule is CCCCOCCCNC(=O)CN1C(=O)C2C3C=CC(C3)C2C1=O. The third-order valence-electron chi connectivity index (χ3n) is 5.29. The summed E-state index contributed by atoms with van der Waals surface area (Å²) in [4.78, 5) is 38.1. The molecule has 2 aliphatic carbocycles. The fourth-order valence-corrected chi connectivity index (χ4v) is 4.07. The van der Waals surface area contributed by atoms with Gasteiger partial charge in [-0.25, -0.2) is 0 Å². The summed E-state index contributed by atoms with van der Waals surface area (Å²) < 4.78 is 5.43. The van der Waals surface area contributed by atoms with Gasteiger partial charge in [-0.2, -0.15) is 0 Å². The molecule has 2 bridgehead atoms. The predicted molar refractivity (Wildman–Crippen MR) is 87.8 cm³/mol. The molecule has 0 radical (unpaired) electrons. The van der Waals surface area contributed by atoms with Crippen LogP contribution in [-0.2, 0) is 19.1 Å². The monoisotopic (exact) mass is 334 g/mol. The van der Waals surface area contributed by atoms with Crippen LogP contribution in [0.4, 0.5) is 0 Å². The summed E-state index contributed by atoms with van der Waals surface area (Å²) in [6.45, 7) is 3.82. The number of fused-ring (bicyclic) bond motifs is 5. The molecule has 2 fully saturated rings. The summed E-state index contributed by atoms with van der Waals surface area (Å²) in [6, 6.07) is 0. The number of nitrogens with zero attached hydrogens (tertiary/aromatic N) is 1. The Morgan fingerprint density at radius 3 is 2.42 bits per heavy atom. The molecule has 1 aliphatic heterocycles. The number of likely N-dealkylation sites (tertiary alicyclic amines) is 1. The summed E-state index contributed by atoms with van der Waals surface area (Å²) in [5.41, 5.74) is 0. The van der Waals surface area contributed by atoms with Crippen LogP contribution in [-0.4, -0.2) is 48.9 Å². The predicted octanol–water partition coefficient (Wildman–Crippen LogP) is 1.12. The van der Waals surface area contributed by atoms with Gasteiger partial charge in [0.15, 0.2) is 0 Å². The highest BCUT2D eigenvalue weighted by Gasteiger charge is 2.59. The lowest BCUT2D eigenvalue weighted by molar-refractivity contribution is -0.144. The first-order chi connectivity index (χ1) is 11.6. The Morgan fingerprint density at radius 2 is 1.79 bits per heavy atom. The van der Waals surface area contributed by atoms with Crippen LogP contribution >= 0.6 is 0 Å². The molecular formula is C18H26N2O4. The molecule has 4 atom stereocenters. The molecule has 6 nitrogen and oxygen atoms in total. The van der Waals surface area contributed by atoms with E-state index >= 15 is 0 Å². The van der Waals surface area contributed by atoms with Crippen molar-refractivity contribution in [2.75, 3.05) is 26.3 Å². The number of unbranched alkanes of at least 4 members (excludes halogenated alkanes) is 1. The first kappa shape index (κ1) is 17.1. The van der Waals surface area contributed by atoms with E-state index < -0.39 is 0 Å². The summed E-state index contributed by atoms with van der Waals surface area (Å²) in [7, 11) is 0. The van der Waals surface area contributed by atoms with Gasteiger partial charge in [-0.1, -0.05) is 25.5 Å². The second-order valence-electron chi connectivity index (χ2n) is 6.93. The minimum Gasteiger partial charge on any atom is -0.381 e. The van der Waals surface area contributed by atoms with E-state index in [1.807, 2.05) is 0 Å². The molecule has 0 aromatic heterocycles.